The Morgan fingerprint density at radius 3 is 1.20 bits per heavy atom. The molecule has 6 heteroatoms. The van der Waals surface area contributed by atoms with Gasteiger partial charge in [-0.1, -0.05) is 114 Å². The van der Waals surface area contributed by atoms with Gasteiger partial charge < -0.3 is 29.6 Å². The average Bonchev–Trinajstić information content (AvgIpc) is 3.03. The Kier molecular flexibility index (Phi) is 12.1. The summed E-state index contributed by atoms with van der Waals surface area (Å²) in [5.41, 5.74) is 4.89. The normalized spacial score (nSPS) is 13.1. The molecule has 0 aliphatic heterocycles. The van der Waals surface area contributed by atoms with Crippen LogP contribution in [0, 0.1) is 10.8 Å². The van der Waals surface area contributed by atoms with Crippen LogP contribution in [0.3, 0.4) is 0 Å². The van der Waals surface area contributed by atoms with Crippen LogP contribution in [0.15, 0.2) is 97.1 Å². The van der Waals surface area contributed by atoms with Crippen LogP contribution < -0.4 is 29.6 Å². The molecule has 0 bridgehead atoms. The lowest BCUT2D eigenvalue weighted by molar-refractivity contribution is 0.205. The van der Waals surface area contributed by atoms with E-state index in [0.29, 0.717) is 49.3 Å². The SMILES string of the molecule is COc1ccc(CN[C@@H](c2ccccc2)C(C)(C)C)cc1OCCOc1cc(CN[C@@H](c2ccccc2)C(C)(C)C)ccc1OC. The Labute approximate surface area is 276 Å². The van der Waals surface area contributed by atoms with Gasteiger partial charge in [0.05, 0.1) is 14.2 Å². The van der Waals surface area contributed by atoms with Crippen molar-refractivity contribution in [2.45, 2.75) is 66.7 Å². The third kappa shape index (κ3) is 9.75. The predicted molar refractivity (Wildman–Crippen MR) is 188 cm³/mol. The van der Waals surface area contributed by atoms with Crippen molar-refractivity contribution in [2.24, 2.45) is 10.8 Å². The highest BCUT2D eigenvalue weighted by atomic mass is 16.5. The lowest BCUT2D eigenvalue weighted by atomic mass is 9.82. The minimum absolute atomic E-state index is 0.0507. The number of methoxy groups -OCH3 is 2. The molecule has 0 aliphatic carbocycles. The smallest absolute Gasteiger partial charge is 0.161 e. The van der Waals surface area contributed by atoms with Gasteiger partial charge >= 0.3 is 0 Å². The van der Waals surface area contributed by atoms with Crippen molar-refractivity contribution in [3.63, 3.8) is 0 Å². The van der Waals surface area contributed by atoms with E-state index in [4.69, 9.17) is 18.9 Å². The Bertz CT molecular complexity index is 1380. The Morgan fingerprint density at radius 1 is 0.500 bits per heavy atom. The second-order valence-corrected chi connectivity index (χ2v) is 13.8. The summed E-state index contributed by atoms with van der Waals surface area (Å²) >= 11 is 0. The summed E-state index contributed by atoms with van der Waals surface area (Å²) < 4.78 is 23.6. The van der Waals surface area contributed by atoms with Crippen molar-refractivity contribution >= 4 is 0 Å². The number of hydrogen-bond acceptors (Lipinski definition) is 6. The highest BCUT2D eigenvalue weighted by molar-refractivity contribution is 5.44. The fourth-order valence-electron chi connectivity index (χ4n) is 5.77. The first kappa shape index (κ1) is 34.9. The number of hydrogen-bond donors (Lipinski definition) is 2. The zero-order valence-electron chi connectivity index (χ0n) is 28.9. The summed E-state index contributed by atoms with van der Waals surface area (Å²) in [5.74, 6) is 2.77. The second kappa shape index (κ2) is 16.0. The van der Waals surface area contributed by atoms with Gasteiger partial charge in [0.15, 0.2) is 23.0 Å². The molecule has 4 aromatic carbocycles. The van der Waals surface area contributed by atoms with Crippen LogP contribution in [-0.4, -0.2) is 27.4 Å². The van der Waals surface area contributed by atoms with Gasteiger partial charge in [0.25, 0.3) is 0 Å². The maximum Gasteiger partial charge on any atom is 0.161 e. The van der Waals surface area contributed by atoms with Gasteiger partial charge in [-0.3, -0.25) is 0 Å². The van der Waals surface area contributed by atoms with Gasteiger partial charge in [0.1, 0.15) is 13.2 Å². The number of nitrogens with one attached hydrogen (secondary N) is 2. The standard InChI is InChI=1S/C40H52N2O4/c1-39(2,3)37(31-15-11-9-12-16-31)41-27-29-19-21-33(43-7)35(25-29)45-23-24-46-36-26-30(20-22-34(36)44-8)28-42-38(40(4,5)6)32-17-13-10-14-18-32/h9-22,25-26,37-38,41-42H,23-24,27-28H2,1-8H3/t37-,38-/m0/s1. The molecule has 0 radical (unpaired) electrons. The van der Waals surface area contributed by atoms with Gasteiger partial charge in [-0.2, -0.15) is 0 Å². The average molecular weight is 625 g/mol. The van der Waals surface area contributed by atoms with Crippen LogP contribution in [0.2, 0.25) is 0 Å². The van der Waals surface area contributed by atoms with Crippen LogP contribution in [0.4, 0.5) is 0 Å². The van der Waals surface area contributed by atoms with Gasteiger partial charge in [-0.15, -0.1) is 0 Å². The fourth-order valence-corrected chi connectivity index (χ4v) is 5.77. The molecule has 4 aromatic rings. The molecule has 4 rings (SSSR count). The van der Waals surface area contributed by atoms with Gasteiger partial charge in [0.2, 0.25) is 0 Å². The molecule has 0 amide bonds. The molecule has 0 heterocycles. The minimum atomic E-state index is 0.0507. The minimum Gasteiger partial charge on any atom is -0.493 e. The first-order valence-electron chi connectivity index (χ1n) is 16.2. The molecule has 0 fully saturated rings. The van der Waals surface area contributed by atoms with E-state index >= 15 is 0 Å². The van der Waals surface area contributed by atoms with Gasteiger partial charge in [-0.25, -0.2) is 0 Å². The van der Waals surface area contributed by atoms with E-state index < -0.39 is 0 Å². The van der Waals surface area contributed by atoms with Crippen molar-refractivity contribution in [2.75, 3.05) is 27.4 Å². The first-order chi connectivity index (χ1) is 22.0. The van der Waals surface area contributed by atoms with Crippen LogP contribution in [0.25, 0.3) is 0 Å². The molecule has 0 saturated heterocycles. The van der Waals surface area contributed by atoms with Crippen molar-refractivity contribution in [1.82, 2.24) is 10.6 Å². The number of benzene rings is 4. The molecular formula is C40H52N2O4. The maximum absolute atomic E-state index is 6.19. The van der Waals surface area contributed by atoms with E-state index in [1.165, 1.54) is 11.1 Å². The molecule has 0 spiro atoms. The first-order valence-corrected chi connectivity index (χ1v) is 16.2. The summed E-state index contributed by atoms with van der Waals surface area (Å²) in [5, 5.41) is 7.52. The van der Waals surface area contributed by atoms with Crippen molar-refractivity contribution in [3.8, 4) is 23.0 Å². The van der Waals surface area contributed by atoms with Crippen LogP contribution in [0.1, 0.15) is 75.9 Å². The maximum atomic E-state index is 6.19. The zero-order chi connectivity index (χ0) is 33.2. The van der Waals surface area contributed by atoms with Crippen LogP contribution in [0.5, 0.6) is 23.0 Å². The molecule has 2 atom stereocenters. The monoisotopic (exact) mass is 624 g/mol. The number of rotatable bonds is 15. The van der Waals surface area contributed by atoms with Gasteiger partial charge in [0, 0.05) is 25.2 Å². The van der Waals surface area contributed by atoms with Crippen molar-refractivity contribution in [3.05, 3.63) is 119 Å². The van der Waals surface area contributed by atoms with Crippen molar-refractivity contribution < 1.29 is 18.9 Å². The molecule has 6 nitrogen and oxygen atoms in total. The molecule has 0 saturated carbocycles. The van der Waals surface area contributed by atoms with Gasteiger partial charge in [-0.05, 0) is 57.3 Å². The van der Waals surface area contributed by atoms with E-state index in [0.717, 1.165) is 11.1 Å². The summed E-state index contributed by atoms with van der Waals surface area (Å²) in [7, 11) is 3.32. The molecule has 46 heavy (non-hydrogen) atoms. The van der Waals surface area contributed by atoms with E-state index in [1.54, 1.807) is 14.2 Å². The quantitative estimate of drug-likeness (QED) is 0.129. The third-order valence-electron chi connectivity index (χ3n) is 8.07. The molecule has 246 valence electrons. The van der Waals surface area contributed by atoms with E-state index in [9.17, 15) is 0 Å². The number of ether oxygens (including phenoxy) is 4. The predicted octanol–water partition coefficient (Wildman–Crippen LogP) is 8.92. The Balaban J connectivity index is 1.37. The van der Waals surface area contributed by atoms with Crippen molar-refractivity contribution in [1.29, 1.82) is 0 Å². The molecule has 0 aromatic heterocycles. The van der Waals surface area contributed by atoms with Crippen LogP contribution >= 0.6 is 0 Å². The summed E-state index contributed by atoms with van der Waals surface area (Å²) in [6.07, 6.45) is 0. The topological polar surface area (TPSA) is 61.0 Å². The molecule has 2 N–H and O–H groups in total. The van der Waals surface area contributed by atoms with Crippen LogP contribution in [-0.2, 0) is 13.1 Å². The largest absolute Gasteiger partial charge is 0.493 e. The highest BCUT2D eigenvalue weighted by Crippen LogP contribution is 2.35. The second-order valence-electron chi connectivity index (χ2n) is 13.8. The van der Waals surface area contributed by atoms with E-state index in [1.807, 2.05) is 24.3 Å². The third-order valence-corrected chi connectivity index (χ3v) is 8.07. The summed E-state index contributed by atoms with van der Waals surface area (Å²) in [6.45, 7) is 15.7. The molecule has 0 aliphatic rings. The van der Waals surface area contributed by atoms with E-state index in [-0.39, 0.29) is 22.9 Å². The Hall–Kier alpha value is -4.00. The summed E-state index contributed by atoms with van der Waals surface area (Å²) in [4.78, 5) is 0. The Morgan fingerprint density at radius 2 is 0.870 bits per heavy atom. The highest BCUT2D eigenvalue weighted by Gasteiger charge is 2.27. The lowest BCUT2D eigenvalue weighted by Crippen LogP contribution is -2.32. The fraction of sp³-hybridized carbons (Fsp3) is 0.400. The molecule has 0 unspecified atom stereocenters. The summed E-state index contributed by atoms with van der Waals surface area (Å²) in [6, 6.07) is 33.8. The van der Waals surface area contributed by atoms with E-state index in [2.05, 4.69) is 125 Å². The zero-order valence-corrected chi connectivity index (χ0v) is 28.9. The molecular weight excluding hydrogens is 572 g/mol. The lowest BCUT2D eigenvalue weighted by Gasteiger charge is -2.32.